The van der Waals surface area contributed by atoms with Crippen molar-refractivity contribution >= 4 is 17.9 Å². The molecule has 0 bridgehead atoms. The fourth-order valence-corrected chi connectivity index (χ4v) is 8.70. The van der Waals surface area contributed by atoms with Crippen molar-refractivity contribution < 1.29 is 28.6 Å². The summed E-state index contributed by atoms with van der Waals surface area (Å²) in [5.41, 5.74) is 0. The Morgan fingerprint density at radius 2 is 0.470 bits per heavy atom. The molecule has 0 saturated heterocycles. The third-order valence-electron chi connectivity index (χ3n) is 13.7. The zero-order valence-corrected chi connectivity index (χ0v) is 53.4. The average molecular weight is 1140 g/mol. The average Bonchev–Trinajstić information content (AvgIpc) is 3.48. The predicted molar refractivity (Wildman–Crippen MR) is 361 cm³/mol. The summed E-state index contributed by atoms with van der Waals surface area (Å²) in [6.07, 6.45) is 102. The van der Waals surface area contributed by atoms with E-state index in [0.717, 1.165) is 148 Å². The Kier molecular flexibility index (Phi) is 64.9. The van der Waals surface area contributed by atoms with Crippen LogP contribution in [0.3, 0.4) is 0 Å². The van der Waals surface area contributed by atoms with Gasteiger partial charge in [-0.2, -0.15) is 0 Å². The van der Waals surface area contributed by atoms with Gasteiger partial charge < -0.3 is 14.2 Å². The van der Waals surface area contributed by atoms with E-state index < -0.39 is 6.10 Å². The number of esters is 3. The van der Waals surface area contributed by atoms with Crippen LogP contribution < -0.4 is 0 Å². The fraction of sp³-hybridized carbons (Fsp3) is 0.597. The van der Waals surface area contributed by atoms with Crippen molar-refractivity contribution in [2.45, 2.75) is 284 Å². The van der Waals surface area contributed by atoms with Crippen molar-refractivity contribution in [3.63, 3.8) is 0 Å². The maximum absolute atomic E-state index is 12.9. The maximum Gasteiger partial charge on any atom is 0.306 e. The van der Waals surface area contributed by atoms with Crippen LogP contribution in [0.25, 0.3) is 0 Å². The third kappa shape index (κ3) is 67.4. The summed E-state index contributed by atoms with van der Waals surface area (Å²) < 4.78 is 16.9. The number of carbonyl (C=O) groups excluding carboxylic acids is 3. The molecular weight excluding hydrogens is 1020 g/mol. The standard InChI is InChI=1S/C77H122O6/c1-4-7-10-13-16-19-22-24-26-28-30-32-33-34-35-36-37-38-39-40-41-42-43-45-46-48-50-52-55-58-61-64-67-70-76(79)82-73-74(72-81-75(78)69-66-63-60-57-54-21-18-15-12-9-6-3)83-77(80)71-68-65-62-59-56-53-51-49-47-44-31-29-27-25-23-20-17-14-11-8-5-2/h7-8,10-11,15-20,24-27,30-32,34-35,37-38,40-41,44,49,51,56,59,74H,4-6,9,12-14,21-23,28-29,33,36,39,42-43,45-48,50,52-55,57-58,60-73H2,1-3H3/b10-7-,11-8-,18-15-,19-16-,20-17-,26-24-,27-25-,32-30-,35-34-,38-37-,41-40-,44-31-,51-49-,59-56-. The molecule has 0 radical (unpaired) electrons. The van der Waals surface area contributed by atoms with Gasteiger partial charge >= 0.3 is 17.9 Å². The van der Waals surface area contributed by atoms with E-state index in [9.17, 15) is 14.4 Å². The Morgan fingerprint density at radius 1 is 0.253 bits per heavy atom. The second-order valence-corrected chi connectivity index (χ2v) is 21.6. The molecule has 0 rings (SSSR count). The molecule has 0 aliphatic carbocycles. The van der Waals surface area contributed by atoms with Crippen LogP contribution in [0.15, 0.2) is 170 Å². The van der Waals surface area contributed by atoms with Crippen LogP contribution in [0.5, 0.6) is 0 Å². The molecule has 6 nitrogen and oxygen atoms in total. The lowest BCUT2D eigenvalue weighted by molar-refractivity contribution is -0.167. The van der Waals surface area contributed by atoms with E-state index in [1.165, 1.54) is 83.5 Å². The molecule has 6 heteroatoms. The van der Waals surface area contributed by atoms with Crippen LogP contribution in [0.4, 0.5) is 0 Å². The van der Waals surface area contributed by atoms with Gasteiger partial charge in [-0.05, 0) is 148 Å². The first kappa shape index (κ1) is 77.8. The van der Waals surface area contributed by atoms with Crippen molar-refractivity contribution in [1.29, 1.82) is 0 Å². The van der Waals surface area contributed by atoms with E-state index in [1.807, 2.05) is 0 Å². The summed E-state index contributed by atoms with van der Waals surface area (Å²) in [4.78, 5) is 38.3. The third-order valence-corrected chi connectivity index (χ3v) is 13.7. The molecule has 1 unspecified atom stereocenters. The van der Waals surface area contributed by atoms with Gasteiger partial charge in [0.25, 0.3) is 0 Å². The van der Waals surface area contributed by atoms with Crippen molar-refractivity contribution in [2.75, 3.05) is 13.2 Å². The first-order valence-corrected chi connectivity index (χ1v) is 33.6. The smallest absolute Gasteiger partial charge is 0.306 e. The van der Waals surface area contributed by atoms with Crippen LogP contribution in [-0.2, 0) is 28.6 Å². The van der Waals surface area contributed by atoms with Crippen molar-refractivity contribution in [2.24, 2.45) is 0 Å². The summed E-state index contributed by atoms with van der Waals surface area (Å²) >= 11 is 0. The quantitative estimate of drug-likeness (QED) is 0.0261. The van der Waals surface area contributed by atoms with Crippen LogP contribution >= 0.6 is 0 Å². The Morgan fingerprint density at radius 3 is 0.771 bits per heavy atom. The molecule has 0 aromatic carbocycles. The summed E-state index contributed by atoms with van der Waals surface area (Å²) in [5.74, 6) is -0.966. The summed E-state index contributed by atoms with van der Waals surface area (Å²) in [7, 11) is 0. The molecule has 0 N–H and O–H groups in total. The number of hydrogen-bond acceptors (Lipinski definition) is 6. The largest absolute Gasteiger partial charge is 0.462 e. The second kappa shape index (κ2) is 69.3. The van der Waals surface area contributed by atoms with Crippen LogP contribution in [0, 0.1) is 0 Å². The minimum absolute atomic E-state index is 0.106. The van der Waals surface area contributed by atoms with E-state index in [4.69, 9.17) is 14.2 Å². The summed E-state index contributed by atoms with van der Waals surface area (Å²) in [6, 6.07) is 0. The number of rotatable bonds is 59. The molecule has 0 fully saturated rings. The number of carbonyl (C=O) groups is 3. The lowest BCUT2D eigenvalue weighted by Gasteiger charge is -2.18. The lowest BCUT2D eigenvalue weighted by atomic mass is 10.0. The van der Waals surface area contributed by atoms with Crippen molar-refractivity contribution in [3.05, 3.63) is 170 Å². The van der Waals surface area contributed by atoms with Gasteiger partial charge in [0.1, 0.15) is 13.2 Å². The molecule has 83 heavy (non-hydrogen) atoms. The molecule has 1 atom stereocenters. The Bertz CT molecular complexity index is 1890. The van der Waals surface area contributed by atoms with Gasteiger partial charge in [0.2, 0.25) is 0 Å². The molecule has 0 aliphatic rings. The van der Waals surface area contributed by atoms with E-state index in [0.29, 0.717) is 19.3 Å². The van der Waals surface area contributed by atoms with Gasteiger partial charge in [-0.1, -0.05) is 281 Å². The number of unbranched alkanes of at least 4 members (excludes halogenated alkanes) is 20. The van der Waals surface area contributed by atoms with Gasteiger partial charge in [-0.25, -0.2) is 0 Å². The first-order valence-electron chi connectivity index (χ1n) is 33.6. The Hall–Kier alpha value is -5.23. The van der Waals surface area contributed by atoms with Gasteiger partial charge in [0, 0.05) is 19.3 Å². The van der Waals surface area contributed by atoms with E-state index >= 15 is 0 Å². The van der Waals surface area contributed by atoms with Gasteiger partial charge in [-0.15, -0.1) is 0 Å². The number of hydrogen-bond donors (Lipinski definition) is 0. The normalized spacial score (nSPS) is 13.2. The molecule has 466 valence electrons. The second-order valence-electron chi connectivity index (χ2n) is 21.6. The van der Waals surface area contributed by atoms with E-state index in [2.05, 4.69) is 191 Å². The first-order chi connectivity index (χ1) is 41.0. The van der Waals surface area contributed by atoms with E-state index in [1.54, 1.807) is 0 Å². The van der Waals surface area contributed by atoms with Gasteiger partial charge in [-0.3, -0.25) is 14.4 Å². The molecule has 0 aromatic heterocycles. The monoisotopic (exact) mass is 1140 g/mol. The molecule has 0 saturated carbocycles. The zero-order valence-electron chi connectivity index (χ0n) is 53.4. The topological polar surface area (TPSA) is 78.9 Å². The highest BCUT2D eigenvalue weighted by Gasteiger charge is 2.19. The molecule has 0 heterocycles. The minimum atomic E-state index is -0.814. The molecule has 0 amide bonds. The summed E-state index contributed by atoms with van der Waals surface area (Å²) in [5, 5.41) is 0. The Balaban J connectivity index is 4.31. The molecule has 0 spiro atoms. The SMILES string of the molecule is CC/C=C\C/C=C\C/C=C\C/C=C\C/C=C\C/C=C\C/C=C\CCCCCCCCCCCCCC(=O)OCC(COC(=O)CCCCCCC/C=C\CCCC)OC(=O)CCCC/C=C\C/C=C\C/C=C\C/C=C\C/C=C\C/C=C\CC. The zero-order chi connectivity index (χ0) is 59.9. The van der Waals surface area contributed by atoms with Crippen LogP contribution in [0.1, 0.15) is 278 Å². The number of ether oxygens (including phenoxy) is 3. The van der Waals surface area contributed by atoms with Crippen molar-refractivity contribution in [1.82, 2.24) is 0 Å². The van der Waals surface area contributed by atoms with Gasteiger partial charge in [0.05, 0.1) is 0 Å². The summed E-state index contributed by atoms with van der Waals surface area (Å²) in [6.45, 7) is 6.32. The highest BCUT2D eigenvalue weighted by Crippen LogP contribution is 2.15. The van der Waals surface area contributed by atoms with Crippen LogP contribution in [0.2, 0.25) is 0 Å². The maximum atomic E-state index is 12.9. The van der Waals surface area contributed by atoms with Crippen LogP contribution in [-0.4, -0.2) is 37.2 Å². The predicted octanol–water partition coefficient (Wildman–Crippen LogP) is 23.4. The highest BCUT2D eigenvalue weighted by atomic mass is 16.6. The lowest BCUT2D eigenvalue weighted by Crippen LogP contribution is -2.30. The molecule has 0 aliphatic heterocycles. The molecular formula is C77H122O6. The van der Waals surface area contributed by atoms with Gasteiger partial charge in [0.15, 0.2) is 6.10 Å². The molecule has 0 aromatic rings. The minimum Gasteiger partial charge on any atom is -0.462 e. The highest BCUT2D eigenvalue weighted by molar-refractivity contribution is 5.71. The van der Waals surface area contributed by atoms with E-state index in [-0.39, 0.29) is 37.5 Å². The Labute approximate surface area is 511 Å². The number of allylic oxidation sites excluding steroid dienone is 28. The van der Waals surface area contributed by atoms with Crippen molar-refractivity contribution in [3.8, 4) is 0 Å². The fourth-order valence-electron chi connectivity index (χ4n) is 8.70.